The first-order valence-corrected chi connectivity index (χ1v) is 10.5. The molecule has 2 heterocycles. The third-order valence-corrected chi connectivity index (χ3v) is 5.68. The smallest absolute Gasteiger partial charge is 0.414 e. The molecule has 1 atom stereocenters. The van der Waals surface area contributed by atoms with Crippen LogP contribution in [0.1, 0.15) is 6.92 Å². The molecule has 0 aromatic heterocycles. The number of hydrogen-bond donors (Lipinski definition) is 1. The van der Waals surface area contributed by atoms with Crippen LogP contribution in [0.2, 0.25) is 0 Å². The number of carbonyl (C=O) groups excluding carboxylic acids is 2. The van der Waals surface area contributed by atoms with Gasteiger partial charge in [-0.1, -0.05) is 12.1 Å². The quantitative estimate of drug-likeness (QED) is 0.768. The Hall–Kier alpha value is -3.42. The van der Waals surface area contributed by atoms with Crippen LogP contribution in [0, 0.1) is 0 Å². The number of amides is 2. The Morgan fingerprint density at radius 2 is 1.68 bits per heavy atom. The minimum absolute atomic E-state index is 0.135. The standard InChI is InChI=1S/C23H28N4O4/c1-17(28)24-15-20-16-27(23(29)31-20)19-9-7-18(8-10-19)25-11-13-26(14-12-25)21-5-3-4-6-22(21)30-2/h3-10,20H,11-16H2,1-2H3,(H,24,28)/t20-/m0/s1. The van der Waals surface area contributed by atoms with E-state index in [-0.39, 0.29) is 18.1 Å². The molecule has 1 N–H and O–H groups in total. The summed E-state index contributed by atoms with van der Waals surface area (Å²) in [4.78, 5) is 29.6. The predicted molar refractivity (Wildman–Crippen MR) is 120 cm³/mol. The molecule has 2 aromatic carbocycles. The first-order chi connectivity index (χ1) is 15.0. The van der Waals surface area contributed by atoms with E-state index >= 15 is 0 Å². The lowest BCUT2D eigenvalue weighted by atomic mass is 10.2. The summed E-state index contributed by atoms with van der Waals surface area (Å²) in [7, 11) is 1.70. The second-order valence-electron chi connectivity index (χ2n) is 7.72. The number of rotatable bonds is 6. The van der Waals surface area contributed by atoms with Crippen molar-refractivity contribution in [2.24, 2.45) is 0 Å². The fourth-order valence-electron chi connectivity index (χ4n) is 4.04. The van der Waals surface area contributed by atoms with Crippen LogP contribution >= 0.6 is 0 Å². The van der Waals surface area contributed by atoms with Crippen LogP contribution < -0.4 is 24.8 Å². The maximum atomic E-state index is 12.2. The summed E-state index contributed by atoms with van der Waals surface area (Å²) in [5.74, 6) is 0.763. The topological polar surface area (TPSA) is 74.3 Å². The van der Waals surface area contributed by atoms with Crippen LogP contribution in [0.15, 0.2) is 48.5 Å². The molecule has 4 rings (SSSR count). The Balaban J connectivity index is 1.35. The molecule has 0 bridgehead atoms. The Labute approximate surface area is 182 Å². The van der Waals surface area contributed by atoms with Crippen LogP contribution in [0.5, 0.6) is 5.75 Å². The summed E-state index contributed by atoms with van der Waals surface area (Å²) in [6.07, 6.45) is -0.715. The molecule has 0 unspecified atom stereocenters. The highest BCUT2D eigenvalue weighted by atomic mass is 16.6. The van der Waals surface area contributed by atoms with Crippen LogP contribution in [-0.2, 0) is 9.53 Å². The van der Waals surface area contributed by atoms with E-state index in [4.69, 9.17) is 9.47 Å². The number of nitrogens with zero attached hydrogens (tertiary/aromatic N) is 3. The number of ether oxygens (including phenoxy) is 2. The summed E-state index contributed by atoms with van der Waals surface area (Å²) in [5.41, 5.74) is 3.05. The van der Waals surface area contributed by atoms with Crippen molar-refractivity contribution in [3.63, 3.8) is 0 Å². The van der Waals surface area contributed by atoms with E-state index in [1.807, 2.05) is 42.5 Å². The van der Waals surface area contributed by atoms with E-state index in [9.17, 15) is 9.59 Å². The fraction of sp³-hybridized carbons (Fsp3) is 0.391. The van der Waals surface area contributed by atoms with Gasteiger partial charge in [-0.15, -0.1) is 0 Å². The van der Waals surface area contributed by atoms with Gasteiger partial charge in [0.1, 0.15) is 11.9 Å². The molecule has 0 saturated carbocycles. The van der Waals surface area contributed by atoms with Gasteiger partial charge in [0.05, 0.1) is 25.9 Å². The van der Waals surface area contributed by atoms with E-state index < -0.39 is 0 Å². The van der Waals surface area contributed by atoms with Crippen molar-refractivity contribution < 1.29 is 19.1 Å². The van der Waals surface area contributed by atoms with Crippen molar-refractivity contribution in [3.8, 4) is 5.75 Å². The summed E-state index contributed by atoms with van der Waals surface area (Å²) in [5, 5.41) is 2.69. The van der Waals surface area contributed by atoms with Crippen LogP contribution in [0.25, 0.3) is 0 Å². The highest BCUT2D eigenvalue weighted by Gasteiger charge is 2.32. The lowest BCUT2D eigenvalue weighted by Gasteiger charge is -2.38. The van der Waals surface area contributed by atoms with Gasteiger partial charge in [-0.05, 0) is 36.4 Å². The van der Waals surface area contributed by atoms with Crippen molar-refractivity contribution >= 4 is 29.1 Å². The van der Waals surface area contributed by atoms with E-state index in [0.717, 1.165) is 49.0 Å². The van der Waals surface area contributed by atoms with E-state index in [1.54, 1.807) is 12.0 Å². The van der Waals surface area contributed by atoms with Gasteiger partial charge in [0.25, 0.3) is 0 Å². The van der Waals surface area contributed by atoms with Gasteiger partial charge in [-0.25, -0.2) is 4.79 Å². The molecule has 2 amide bonds. The third-order valence-electron chi connectivity index (χ3n) is 5.68. The van der Waals surface area contributed by atoms with Crippen LogP contribution in [0.3, 0.4) is 0 Å². The number of carbonyl (C=O) groups is 2. The molecule has 8 heteroatoms. The molecular formula is C23H28N4O4. The summed E-state index contributed by atoms with van der Waals surface area (Å²) < 4.78 is 10.8. The normalized spacial score (nSPS) is 18.7. The Kier molecular flexibility index (Phi) is 6.16. The maximum absolute atomic E-state index is 12.2. The minimum atomic E-state index is -0.381. The van der Waals surface area contributed by atoms with Gasteiger partial charge >= 0.3 is 6.09 Å². The number of nitrogens with one attached hydrogen (secondary N) is 1. The monoisotopic (exact) mass is 424 g/mol. The van der Waals surface area contributed by atoms with Gasteiger partial charge < -0.3 is 24.6 Å². The first kappa shape index (κ1) is 20.8. The number of para-hydroxylation sites is 2. The average molecular weight is 425 g/mol. The molecule has 2 aliphatic heterocycles. The number of cyclic esters (lactones) is 1. The second kappa shape index (κ2) is 9.16. The second-order valence-corrected chi connectivity index (χ2v) is 7.72. The highest BCUT2D eigenvalue weighted by molar-refractivity contribution is 5.90. The van der Waals surface area contributed by atoms with E-state index in [0.29, 0.717) is 13.1 Å². The van der Waals surface area contributed by atoms with Crippen molar-refractivity contribution in [1.82, 2.24) is 5.32 Å². The molecule has 31 heavy (non-hydrogen) atoms. The Bertz CT molecular complexity index is 925. The number of piperazine rings is 1. The maximum Gasteiger partial charge on any atom is 0.414 e. The predicted octanol–water partition coefficient (Wildman–Crippen LogP) is 2.48. The van der Waals surface area contributed by atoms with Crippen molar-refractivity contribution in [2.75, 3.05) is 61.1 Å². The number of benzene rings is 2. The zero-order chi connectivity index (χ0) is 21.8. The third kappa shape index (κ3) is 4.68. The largest absolute Gasteiger partial charge is 0.495 e. The zero-order valence-corrected chi connectivity index (χ0v) is 17.9. The van der Waals surface area contributed by atoms with Gasteiger partial charge in [0.2, 0.25) is 5.91 Å². The summed E-state index contributed by atoms with van der Waals surface area (Å²) in [6.45, 7) is 5.83. The van der Waals surface area contributed by atoms with Crippen molar-refractivity contribution in [1.29, 1.82) is 0 Å². The highest BCUT2D eigenvalue weighted by Crippen LogP contribution is 2.30. The molecule has 2 aromatic rings. The summed E-state index contributed by atoms with van der Waals surface area (Å²) >= 11 is 0. The molecule has 8 nitrogen and oxygen atoms in total. The fourth-order valence-corrected chi connectivity index (χ4v) is 4.04. The lowest BCUT2D eigenvalue weighted by molar-refractivity contribution is -0.119. The number of hydrogen-bond acceptors (Lipinski definition) is 6. The number of methoxy groups -OCH3 is 1. The Morgan fingerprint density at radius 3 is 2.35 bits per heavy atom. The molecule has 164 valence electrons. The molecule has 2 aliphatic rings. The molecular weight excluding hydrogens is 396 g/mol. The van der Waals surface area contributed by atoms with Crippen LogP contribution in [-0.4, -0.2) is 64.5 Å². The zero-order valence-electron chi connectivity index (χ0n) is 17.9. The molecule has 0 radical (unpaired) electrons. The van der Waals surface area contributed by atoms with Crippen LogP contribution in [0.4, 0.5) is 21.9 Å². The number of anilines is 3. The average Bonchev–Trinajstić information content (AvgIpc) is 3.18. The van der Waals surface area contributed by atoms with E-state index in [1.165, 1.54) is 6.92 Å². The first-order valence-electron chi connectivity index (χ1n) is 10.5. The van der Waals surface area contributed by atoms with Gasteiger partial charge in [-0.3, -0.25) is 9.69 Å². The van der Waals surface area contributed by atoms with Gasteiger partial charge in [0, 0.05) is 44.5 Å². The molecule has 0 spiro atoms. The minimum Gasteiger partial charge on any atom is -0.495 e. The Morgan fingerprint density at radius 1 is 1.03 bits per heavy atom. The molecule has 2 fully saturated rings. The molecule has 2 saturated heterocycles. The van der Waals surface area contributed by atoms with Crippen molar-refractivity contribution in [2.45, 2.75) is 13.0 Å². The summed E-state index contributed by atoms with van der Waals surface area (Å²) in [6, 6.07) is 16.1. The SMILES string of the molecule is COc1ccccc1N1CCN(c2ccc(N3C[C@H](CNC(C)=O)OC3=O)cc2)CC1. The molecule has 0 aliphatic carbocycles. The lowest BCUT2D eigenvalue weighted by Crippen LogP contribution is -2.46. The van der Waals surface area contributed by atoms with Gasteiger partial charge in [-0.2, -0.15) is 0 Å². The van der Waals surface area contributed by atoms with Crippen molar-refractivity contribution in [3.05, 3.63) is 48.5 Å². The van der Waals surface area contributed by atoms with Gasteiger partial charge in [0.15, 0.2) is 0 Å². The van der Waals surface area contributed by atoms with E-state index in [2.05, 4.69) is 21.2 Å².